The standard InChI is InChI=1S/C18H24N4O2/c1-3-13-24-16-6-4-5-15(14-16)17(23)21-9-11-22(12-10-21)18-19-7-8-20(18)2/h4-8,14H,3,9-13H2,1-2H3. The van der Waals surface area contributed by atoms with Crippen LogP contribution in [-0.2, 0) is 7.05 Å². The third kappa shape index (κ3) is 3.53. The van der Waals surface area contributed by atoms with Gasteiger partial charge in [0.15, 0.2) is 0 Å². The number of benzene rings is 1. The van der Waals surface area contributed by atoms with Gasteiger partial charge in [-0.1, -0.05) is 13.0 Å². The first kappa shape index (κ1) is 16.4. The van der Waals surface area contributed by atoms with Gasteiger partial charge in [0, 0.05) is 51.2 Å². The third-order valence-electron chi connectivity index (χ3n) is 4.20. The van der Waals surface area contributed by atoms with Crippen LogP contribution in [0.15, 0.2) is 36.7 Å². The minimum Gasteiger partial charge on any atom is -0.494 e. The Morgan fingerprint density at radius 3 is 2.71 bits per heavy atom. The maximum absolute atomic E-state index is 12.7. The van der Waals surface area contributed by atoms with Crippen LogP contribution < -0.4 is 9.64 Å². The summed E-state index contributed by atoms with van der Waals surface area (Å²) >= 11 is 0. The van der Waals surface area contributed by atoms with Gasteiger partial charge in [-0.15, -0.1) is 0 Å². The largest absolute Gasteiger partial charge is 0.494 e. The summed E-state index contributed by atoms with van der Waals surface area (Å²) in [6, 6.07) is 7.46. The van der Waals surface area contributed by atoms with Gasteiger partial charge in [0.2, 0.25) is 5.95 Å². The Bertz CT molecular complexity index is 690. The summed E-state index contributed by atoms with van der Waals surface area (Å²) in [5.41, 5.74) is 0.689. The highest BCUT2D eigenvalue weighted by Gasteiger charge is 2.24. The van der Waals surface area contributed by atoms with Crippen molar-refractivity contribution in [1.29, 1.82) is 0 Å². The molecule has 1 aliphatic rings. The predicted molar refractivity (Wildman–Crippen MR) is 93.6 cm³/mol. The molecule has 1 amide bonds. The van der Waals surface area contributed by atoms with E-state index in [1.807, 2.05) is 47.0 Å². The van der Waals surface area contributed by atoms with E-state index in [-0.39, 0.29) is 5.91 Å². The number of anilines is 1. The number of hydrogen-bond donors (Lipinski definition) is 0. The lowest BCUT2D eigenvalue weighted by Crippen LogP contribution is -2.49. The molecular weight excluding hydrogens is 304 g/mol. The van der Waals surface area contributed by atoms with Crippen LogP contribution in [0.1, 0.15) is 23.7 Å². The molecule has 0 saturated carbocycles. The second-order valence-corrected chi connectivity index (χ2v) is 5.99. The van der Waals surface area contributed by atoms with E-state index in [0.29, 0.717) is 25.3 Å². The molecule has 6 heteroatoms. The Balaban J connectivity index is 1.62. The average Bonchev–Trinajstić information content (AvgIpc) is 3.06. The number of rotatable bonds is 5. The highest BCUT2D eigenvalue weighted by Crippen LogP contribution is 2.18. The molecular formula is C18H24N4O2. The van der Waals surface area contributed by atoms with Gasteiger partial charge in [-0.2, -0.15) is 0 Å². The van der Waals surface area contributed by atoms with Gasteiger partial charge in [-0.3, -0.25) is 4.79 Å². The number of imidazole rings is 1. The Hall–Kier alpha value is -2.50. The molecule has 1 aliphatic heterocycles. The summed E-state index contributed by atoms with van der Waals surface area (Å²) in [7, 11) is 1.99. The molecule has 0 unspecified atom stereocenters. The van der Waals surface area contributed by atoms with Crippen molar-refractivity contribution in [2.45, 2.75) is 13.3 Å². The van der Waals surface area contributed by atoms with Crippen LogP contribution in [0.5, 0.6) is 5.75 Å². The second kappa shape index (κ2) is 7.38. The lowest BCUT2D eigenvalue weighted by atomic mass is 10.1. The third-order valence-corrected chi connectivity index (χ3v) is 4.20. The molecule has 0 aliphatic carbocycles. The molecule has 1 aromatic heterocycles. The molecule has 0 bridgehead atoms. The van der Waals surface area contributed by atoms with Crippen LogP contribution in [0, 0.1) is 0 Å². The van der Waals surface area contributed by atoms with Gasteiger partial charge >= 0.3 is 0 Å². The number of carbonyl (C=O) groups excluding carboxylic acids is 1. The first-order valence-electron chi connectivity index (χ1n) is 8.43. The summed E-state index contributed by atoms with van der Waals surface area (Å²) in [5.74, 6) is 1.78. The Labute approximate surface area is 142 Å². The summed E-state index contributed by atoms with van der Waals surface area (Å²) in [5, 5.41) is 0. The topological polar surface area (TPSA) is 50.6 Å². The molecule has 128 valence electrons. The minimum absolute atomic E-state index is 0.0661. The van der Waals surface area contributed by atoms with E-state index in [0.717, 1.165) is 31.2 Å². The van der Waals surface area contributed by atoms with Crippen LogP contribution >= 0.6 is 0 Å². The van der Waals surface area contributed by atoms with E-state index in [9.17, 15) is 4.79 Å². The summed E-state index contributed by atoms with van der Waals surface area (Å²) in [6.07, 6.45) is 4.69. The molecule has 6 nitrogen and oxygen atoms in total. The van der Waals surface area contributed by atoms with Crippen molar-refractivity contribution in [2.24, 2.45) is 7.05 Å². The van der Waals surface area contributed by atoms with E-state index in [4.69, 9.17) is 4.74 Å². The minimum atomic E-state index is 0.0661. The normalized spacial score (nSPS) is 14.8. The molecule has 0 N–H and O–H groups in total. The zero-order chi connectivity index (χ0) is 16.9. The fraction of sp³-hybridized carbons (Fsp3) is 0.444. The number of nitrogens with zero attached hydrogens (tertiary/aromatic N) is 4. The maximum atomic E-state index is 12.7. The lowest BCUT2D eigenvalue weighted by molar-refractivity contribution is 0.0745. The van der Waals surface area contributed by atoms with Gasteiger partial charge in [-0.05, 0) is 24.6 Å². The van der Waals surface area contributed by atoms with E-state index in [1.165, 1.54) is 0 Å². The first-order valence-corrected chi connectivity index (χ1v) is 8.43. The monoisotopic (exact) mass is 328 g/mol. The van der Waals surface area contributed by atoms with Gasteiger partial charge in [0.25, 0.3) is 5.91 Å². The van der Waals surface area contributed by atoms with E-state index >= 15 is 0 Å². The number of ether oxygens (including phenoxy) is 1. The molecule has 0 spiro atoms. The van der Waals surface area contributed by atoms with E-state index < -0.39 is 0 Å². The molecule has 3 rings (SSSR count). The Morgan fingerprint density at radius 2 is 2.04 bits per heavy atom. The second-order valence-electron chi connectivity index (χ2n) is 5.99. The number of carbonyl (C=O) groups is 1. The maximum Gasteiger partial charge on any atom is 0.254 e. The number of piperazine rings is 1. The molecule has 2 heterocycles. The quantitative estimate of drug-likeness (QED) is 0.844. The predicted octanol–water partition coefficient (Wildman–Crippen LogP) is 2.17. The van der Waals surface area contributed by atoms with Crippen LogP contribution in [0.3, 0.4) is 0 Å². The molecule has 24 heavy (non-hydrogen) atoms. The smallest absolute Gasteiger partial charge is 0.254 e. The first-order chi connectivity index (χ1) is 11.7. The van der Waals surface area contributed by atoms with Crippen molar-refractivity contribution in [1.82, 2.24) is 14.5 Å². The molecule has 0 radical (unpaired) electrons. The van der Waals surface area contributed by atoms with Crippen molar-refractivity contribution in [3.8, 4) is 5.75 Å². The van der Waals surface area contributed by atoms with Crippen LogP contribution in [0.25, 0.3) is 0 Å². The molecule has 1 aromatic carbocycles. The number of aromatic nitrogens is 2. The van der Waals surface area contributed by atoms with Crippen molar-refractivity contribution in [3.05, 3.63) is 42.2 Å². The van der Waals surface area contributed by atoms with Crippen LogP contribution in [0.4, 0.5) is 5.95 Å². The Kier molecular flexibility index (Phi) is 5.03. The summed E-state index contributed by atoms with van der Waals surface area (Å²) in [6.45, 7) is 5.72. The van der Waals surface area contributed by atoms with Crippen molar-refractivity contribution >= 4 is 11.9 Å². The summed E-state index contributed by atoms with van der Waals surface area (Å²) < 4.78 is 7.63. The molecule has 2 aromatic rings. The van der Waals surface area contributed by atoms with Crippen molar-refractivity contribution < 1.29 is 9.53 Å². The Morgan fingerprint density at radius 1 is 1.25 bits per heavy atom. The zero-order valence-electron chi connectivity index (χ0n) is 14.3. The average molecular weight is 328 g/mol. The molecule has 1 saturated heterocycles. The SMILES string of the molecule is CCCOc1cccc(C(=O)N2CCN(c3nccn3C)CC2)c1. The summed E-state index contributed by atoms with van der Waals surface area (Å²) in [4.78, 5) is 21.2. The fourth-order valence-corrected chi connectivity index (χ4v) is 2.89. The van der Waals surface area contributed by atoms with E-state index in [1.54, 1.807) is 6.20 Å². The number of aryl methyl sites for hydroxylation is 1. The fourth-order valence-electron chi connectivity index (χ4n) is 2.89. The van der Waals surface area contributed by atoms with Crippen LogP contribution in [0.2, 0.25) is 0 Å². The van der Waals surface area contributed by atoms with Gasteiger partial charge < -0.3 is 19.1 Å². The van der Waals surface area contributed by atoms with Crippen molar-refractivity contribution in [2.75, 3.05) is 37.7 Å². The highest BCUT2D eigenvalue weighted by molar-refractivity contribution is 5.94. The highest BCUT2D eigenvalue weighted by atomic mass is 16.5. The van der Waals surface area contributed by atoms with Crippen LogP contribution in [-0.4, -0.2) is 53.1 Å². The zero-order valence-corrected chi connectivity index (χ0v) is 14.3. The molecule has 1 fully saturated rings. The lowest BCUT2D eigenvalue weighted by Gasteiger charge is -2.35. The van der Waals surface area contributed by atoms with Gasteiger partial charge in [0.1, 0.15) is 5.75 Å². The van der Waals surface area contributed by atoms with Gasteiger partial charge in [-0.25, -0.2) is 4.98 Å². The number of hydrogen-bond acceptors (Lipinski definition) is 4. The van der Waals surface area contributed by atoms with Crippen molar-refractivity contribution in [3.63, 3.8) is 0 Å². The number of amides is 1. The van der Waals surface area contributed by atoms with Gasteiger partial charge in [0.05, 0.1) is 6.61 Å². The van der Waals surface area contributed by atoms with E-state index in [2.05, 4.69) is 16.8 Å². The molecule has 0 atom stereocenters.